The highest BCUT2D eigenvalue weighted by Gasteiger charge is 2.34. The number of halogens is 1. The number of rotatable bonds is 4. The van der Waals surface area contributed by atoms with E-state index in [4.69, 9.17) is 21.1 Å². The van der Waals surface area contributed by atoms with E-state index in [0.29, 0.717) is 24.0 Å². The largest absolute Gasteiger partial charge is 0.467 e. The molecule has 7 heteroatoms. The maximum Gasteiger partial charge on any atom is 0.328 e. The van der Waals surface area contributed by atoms with Crippen molar-refractivity contribution in [3.8, 4) is 6.01 Å². The Morgan fingerprint density at radius 1 is 1.63 bits per heavy atom. The first-order chi connectivity index (χ1) is 9.17. The predicted molar refractivity (Wildman–Crippen MR) is 70.6 cm³/mol. The standard InChI is InChI=1S/C12H16ClN3O3/c1-3-19-11(17)9-5-4-6-16(9)10-8(13)7-14-12(15-10)18-2/h7,9H,3-6H2,1-2H3. The number of hydrogen-bond acceptors (Lipinski definition) is 6. The molecule has 0 radical (unpaired) electrons. The van der Waals surface area contributed by atoms with Crippen LogP contribution in [0.3, 0.4) is 0 Å². The summed E-state index contributed by atoms with van der Waals surface area (Å²) in [5, 5.41) is 0.400. The van der Waals surface area contributed by atoms with Crippen LogP contribution in [0.15, 0.2) is 6.20 Å². The Bertz CT molecular complexity index is 470. The lowest BCUT2D eigenvalue weighted by atomic mass is 10.2. The quantitative estimate of drug-likeness (QED) is 0.784. The molecule has 1 aliphatic rings. The highest BCUT2D eigenvalue weighted by atomic mass is 35.5. The van der Waals surface area contributed by atoms with E-state index >= 15 is 0 Å². The molecule has 1 fully saturated rings. The topological polar surface area (TPSA) is 64.5 Å². The predicted octanol–water partition coefficient (Wildman–Crippen LogP) is 1.67. The Balaban J connectivity index is 2.26. The lowest BCUT2D eigenvalue weighted by Crippen LogP contribution is -2.38. The number of carbonyl (C=O) groups is 1. The Hall–Kier alpha value is -1.56. The van der Waals surface area contributed by atoms with Crippen molar-refractivity contribution in [1.82, 2.24) is 9.97 Å². The summed E-state index contributed by atoms with van der Waals surface area (Å²) in [5.41, 5.74) is 0. The molecule has 2 rings (SSSR count). The van der Waals surface area contributed by atoms with Gasteiger partial charge in [-0.3, -0.25) is 0 Å². The second-order valence-corrected chi connectivity index (χ2v) is 4.54. The van der Waals surface area contributed by atoms with E-state index in [9.17, 15) is 4.79 Å². The van der Waals surface area contributed by atoms with Crippen LogP contribution in [0, 0.1) is 0 Å². The van der Waals surface area contributed by atoms with Gasteiger partial charge in [0.1, 0.15) is 11.1 Å². The molecule has 1 unspecified atom stereocenters. The van der Waals surface area contributed by atoms with Crippen LogP contribution in [0.5, 0.6) is 6.01 Å². The van der Waals surface area contributed by atoms with Crippen molar-refractivity contribution in [2.45, 2.75) is 25.8 Å². The van der Waals surface area contributed by atoms with E-state index in [0.717, 1.165) is 12.8 Å². The van der Waals surface area contributed by atoms with E-state index in [1.807, 2.05) is 4.90 Å². The summed E-state index contributed by atoms with van der Waals surface area (Å²) in [6, 6.07) is -0.106. The van der Waals surface area contributed by atoms with Gasteiger partial charge < -0.3 is 14.4 Å². The summed E-state index contributed by atoms with van der Waals surface area (Å²) in [7, 11) is 1.49. The highest BCUT2D eigenvalue weighted by molar-refractivity contribution is 6.32. The summed E-state index contributed by atoms with van der Waals surface area (Å²) >= 11 is 6.11. The summed E-state index contributed by atoms with van der Waals surface area (Å²) in [6.45, 7) is 2.87. The average molecular weight is 286 g/mol. The minimum absolute atomic E-state index is 0.230. The molecular formula is C12H16ClN3O3. The second kappa shape index (κ2) is 6.06. The van der Waals surface area contributed by atoms with Gasteiger partial charge in [0, 0.05) is 6.54 Å². The fourth-order valence-corrected chi connectivity index (χ4v) is 2.35. The van der Waals surface area contributed by atoms with Crippen molar-refractivity contribution in [2.75, 3.05) is 25.2 Å². The number of hydrogen-bond donors (Lipinski definition) is 0. The van der Waals surface area contributed by atoms with Gasteiger partial charge in [-0.25, -0.2) is 9.78 Å². The number of anilines is 1. The summed E-state index contributed by atoms with van der Waals surface area (Å²) < 4.78 is 10.1. The first-order valence-corrected chi connectivity index (χ1v) is 6.55. The number of aromatic nitrogens is 2. The van der Waals surface area contributed by atoms with E-state index in [-0.39, 0.29) is 18.0 Å². The van der Waals surface area contributed by atoms with Crippen molar-refractivity contribution >= 4 is 23.4 Å². The first-order valence-electron chi connectivity index (χ1n) is 6.17. The van der Waals surface area contributed by atoms with Gasteiger partial charge in [-0.15, -0.1) is 0 Å². The summed E-state index contributed by atoms with van der Waals surface area (Å²) in [6.07, 6.45) is 3.11. The van der Waals surface area contributed by atoms with Gasteiger partial charge in [-0.2, -0.15) is 4.98 Å². The molecule has 0 aromatic carbocycles. The van der Waals surface area contributed by atoms with Crippen LogP contribution in [0.25, 0.3) is 0 Å². The van der Waals surface area contributed by atoms with Crippen molar-refractivity contribution < 1.29 is 14.3 Å². The molecule has 1 aromatic heterocycles. The third-order valence-electron chi connectivity index (χ3n) is 2.97. The first kappa shape index (κ1) is 13.9. The smallest absolute Gasteiger partial charge is 0.328 e. The van der Waals surface area contributed by atoms with Crippen LogP contribution in [-0.4, -0.2) is 42.2 Å². The van der Waals surface area contributed by atoms with Gasteiger partial charge in [0.2, 0.25) is 0 Å². The van der Waals surface area contributed by atoms with Crippen LogP contribution in [0.4, 0.5) is 5.82 Å². The molecule has 0 spiro atoms. The molecule has 1 atom stereocenters. The summed E-state index contributed by atoms with van der Waals surface area (Å²) in [4.78, 5) is 21.9. The minimum Gasteiger partial charge on any atom is -0.467 e. The van der Waals surface area contributed by atoms with Gasteiger partial charge in [0.05, 0.1) is 19.9 Å². The van der Waals surface area contributed by atoms with Crippen LogP contribution >= 0.6 is 11.6 Å². The zero-order chi connectivity index (χ0) is 13.8. The molecule has 1 aliphatic heterocycles. The highest BCUT2D eigenvalue weighted by Crippen LogP contribution is 2.31. The van der Waals surface area contributed by atoms with Crippen molar-refractivity contribution in [2.24, 2.45) is 0 Å². The molecule has 2 heterocycles. The SMILES string of the molecule is CCOC(=O)C1CCCN1c1nc(OC)ncc1Cl. The van der Waals surface area contributed by atoms with Gasteiger partial charge in [-0.1, -0.05) is 11.6 Å². The van der Waals surface area contributed by atoms with E-state index in [2.05, 4.69) is 9.97 Å². The molecule has 0 amide bonds. The molecule has 104 valence electrons. The molecule has 19 heavy (non-hydrogen) atoms. The van der Waals surface area contributed by atoms with Crippen LogP contribution in [-0.2, 0) is 9.53 Å². The maximum absolute atomic E-state index is 11.9. The fraction of sp³-hybridized carbons (Fsp3) is 0.583. The molecule has 0 N–H and O–H groups in total. The third kappa shape index (κ3) is 2.89. The molecule has 1 aromatic rings. The lowest BCUT2D eigenvalue weighted by molar-refractivity contribution is -0.144. The Morgan fingerprint density at radius 2 is 2.42 bits per heavy atom. The van der Waals surface area contributed by atoms with Gasteiger partial charge in [-0.05, 0) is 19.8 Å². The van der Waals surface area contributed by atoms with Crippen molar-refractivity contribution in [1.29, 1.82) is 0 Å². The van der Waals surface area contributed by atoms with E-state index in [1.165, 1.54) is 13.3 Å². The monoisotopic (exact) mass is 285 g/mol. The Labute approximate surface area is 116 Å². The number of esters is 1. The number of ether oxygens (including phenoxy) is 2. The number of methoxy groups -OCH3 is 1. The van der Waals surface area contributed by atoms with Crippen LogP contribution < -0.4 is 9.64 Å². The third-order valence-corrected chi connectivity index (χ3v) is 3.24. The zero-order valence-electron chi connectivity index (χ0n) is 10.9. The molecular weight excluding hydrogens is 270 g/mol. The van der Waals surface area contributed by atoms with E-state index < -0.39 is 0 Å². The van der Waals surface area contributed by atoms with Gasteiger partial charge >= 0.3 is 12.0 Å². The van der Waals surface area contributed by atoms with Crippen molar-refractivity contribution in [3.05, 3.63) is 11.2 Å². The maximum atomic E-state index is 11.9. The van der Waals surface area contributed by atoms with Crippen LogP contribution in [0.1, 0.15) is 19.8 Å². The Morgan fingerprint density at radius 3 is 3.11 bits per heavy atom. The van der Waals surface area contributed by atoms with E-state index in [1.54, 1.807) is 6.92 Å². The van der Waals surface area contributed by atoms with Crippen LogP contribution in [0.2, 0.25) is 5.02 Å². The van der Waals surface area contributed by atoms with Crippen molar-refractivity contribution in [3.63, 3.8) is 0 Å². The normalized spacial score (nSPS) is 18.5. The van der Waals surface area contributed by atoms with Gasteiger partial charge in [0.15, 0.2) is 5.82 Å². The lowest BCUT2D eigenvalue weighted by Gasteiger charge is -2.24. The Kier molecular flexibility index (Phi) is 4.42. The molecule has 0 bridgehead atoms. The van der Waals surface area contributed by atoms with Gasteiger partial charge in [0.25, 0.3) is 0 Å². The average Bonchev–Trinajstić information content (AvgIpc) is 2.89. The molecule has 6 nitrogen and oxygen atoms in total. The minimum atomic E-state index is -0.336. The zero-order valence-corrected chi connectivity index (χ0v) is 11.7. The fourth-order valence-electron chi connectivity index (χ4n) is 2.15. The number of carbonyl (C=O) groups excluding carboxylic acids is 1. The summed E-state index contributed by atoms with van der Waals surface area (Å²) in [5.74, 6) is 0.276. The molecule has 1 saturated heterocycles. The number of nitrogens with zero attached hydrogens (tertiary/aromatic N) is 3. The second-order valence-electron chi connectivity index (χ2n) is 4.13. The molecule has 0 aliphatic carbocycles. The molecule has 0 saturated carbocycles.